The molecular weight excluding hydrogens is 432 g/mol. The van der Waals surface area contributed by atoms with E-state index in [-0.39, 0.29) is 29.9 Å². The number of carbonyl (C=O) groups is 1. The molecule has 3 rings (SSSR count). The molecule has 0 aliphatic carbocycles. The van der Waals surface area contributed by atoms with Gasteiger partial charge in [-0.25, -0.2) is 8.42 Å². The Balaban J connectivity index is 1.83. The number of rotatable bonds is 8. The number of hydrogen-bond acceptors (Lipinski definition) is 3. The van der Waals surface area contributed by atoms with Gasteiger partial charge in [-0.05, 0) is 49.2 Å². The van der Waals surface area contributed by atoms with Gasteiger partial charge >= 0.3 is 0 Å². The van der Waals surface area contributed by atoms with E-state index in [9.17, 15) is 13.2 Å². The zero-order valence-electron chi connectivity index (χ0n) is 17.5. The van der Waals surface area contributed by atoms with Crippen LogP contribution in [0.5, 0.6) is 0 Å². The first-order chi connectivity index (χ1) is 14.8. The lowest BCUT2D eigenvalue weighted by atomic mass is 10.1. The SMILES string of the molecule is Cc1ccc(CN(CC(=O)N[C@H](C)c2ccccc2)S(=O)(=O)c2ccc(Cl)cc2)cc1. The topological polar surface area (TPSA) is 66.5 Å². The predicted octanol–water partition coefficient (Wildman–Crippen LogP) is 4.72. The number of nitrogens with zero attached hydrogens (tertiary/aromatic N) is 1. The molecule has 1 atom stereocenters. The first-order valence-electron chi connectivity index (χ1n) is 9.91. The maximum Gasteiger partial charge on any atom is 0.243 e. The van der Waals surface area contributed by atoms with E-state index in [0.717, 1.165) is 16.7 Å². The molecule has 162 valence electrons. The summed E-state index contributed by atoms with van der Waals surface area (Å²) < 4.78 is 27.8. The van der Waals surface area contributed by atoms with Crippen LogP contribution in [0.25, 0.3) is 0 Å². The molecule has 1 amide bonds. The first kappa shape index (κ1) is 23.0. The highest BCUT2D eigenvalue weighted by molar-refractivity contribution is 7.89. The zero-order valence-corrected chi connectivity index (χ0v) is 19.0. The van der Waals surface area contributed by atoms with Crippen LogP contribution in [0.4, 0.5) is 0 Å². The number of nitrogens with one attached hydrogen (secondary N) is 1. The molecule has 1 N–H and O–H groups in total. The molecular formula is C24H25ClN2O3S. The fourth-order valence-corrected chi connectivity index (χ4v) is 4.66. The second kappa shape index (κ2) is 10.1. The first-order valence-corrected chi connectivity index (χ1v) is 11.7. The van der Waals surface area contributed by atoms with Crippen molar-refractivity contribution in [1.82, 2.24) is 9.62 Å². The van der Waals surface area contributed by atoms with Gasteiger partial charge in [0, 0.05) is 11.6 Å². The molecule has 0 spiro atoms. The van der Waals surface area contributed by atoms with Crippen LogP contribution in [-0.2, 0) is 21.4 Å². The van der Waals surface area contributed by atoms with Gasteiger partial charge in [0.05, 0.1) is 17.5 Å². The fraction of sp³-hybridized carbons (Fsp3) is 0.208. The number of carbonyl (C=O) groups excluding carboxylic acids is 1. The number of sulfonamides is 1. The van der Waals surface area contributed by atoms with Gasteiger partial charge in [-0.2, -0.15) is 4.31 Å². The van der Waals surface area contributed by atoms with Gasteiger partial charge in [0.2, 0.25) is 15.9 Å². The molecule has 0 fully saturated rings. The van der Waals surface area contributed by atoms with Crippen molar-refractivity contribution in [2.24, 2.45) is 0 Å². The molecule has 0 unspecified atom stereocenters. The lowest BCUT2D eigenvalue weighted by Gasteiger charge is -2.23. The Morgan fingerprint density at radius 2 is 1.58 bits per heavy atom. The third kappa shape index (κ3) is 6.17. The van der Waals surface area contributed by atoms with Crippen molar-refractivity contribution in [2.75, 3.05) is 6.54 Å². The molecule has 3 aromatic rings. The molecule has 0 heterocycles. The largest absolute Gasteiger partial charge is 0.348 e. The summed E-state index contributed by atoms with van der Waals surface area (Å²) in [5, 5.41) is 3.33. The quantitative estimate of drug-likeness (QED) is 0.533. The lowest BCUT2D eigenvalue weighted by molar-refractivity contribution is -0.122. The standard InChI is InChI=1S/C24H25ClN2O3S/c1-18-8-10-20(11-9-18)16-27(31(29,30)23-14-12-22(25)13-15-23)17-24(28)26-19(2)21-6-4-3-5-7-21/h3-15,19H,16-17H2,1-2H3,(H,26,28)/t19-/m1/s1. The normalized spacial score (nSPS) is 12.5. The minimum atomic E-state index is -3.91. The van der Waals surface area contributed by atoms with E-state index >= 15 is 0 Å². The summed E-state index contributed by atoms with van der Waals surface area (Å²) in [4.78, 5) is 12.9. The van der Waals surface area contributed by atoms with Gasteiger partial charge in [0.25, 0.3) is 0 Å². The molecule has 0 bridgehead atoms. The smallest absolute Gasteiger partial charge is 0.243 e. The van der Waals surface area contributed by atoms with Crippen LogP contribution < -0.4 is 5.32 Å². The molecule has 31 heavy (non-hydrogen) atoms. The van der Waals surface area contributed by atoms with Crippen LogP contribution in [0.2, 0.25) is 5.02 Å². The Bertz CT molecular complexity index is 1120. The molecule has 5 nitrogen and oxygen atoms in total. The number of benzene rings is 3. The average molecular weight is 457 g/mol. The van der Waals surface area contributed by atoms with Crippen molar-refractivity contribution in [1.29, 1.82) is 0 Å². The highest BCUT2D eigenvalue weighted by atomic mass is 35.5. The van der Waals surface area contributed by atoms with Crippen molar-refractivity contribution < 1.29 is 13.2 Å². The third-order valence-corrected chi connectivity index (χ3v) is 6.99. The second-order valence-electron chi connectivity index (χ2n) is 7.41. The van der Waals surface area contributed by atoms with Crippen molar-refractivity contribution in [3.05, 3.63) is 101 Å². The third-order valence-electron chi connectivity index (χ3n) is 4.93. The van der Waals surface area contributed by atoms with Crippen molar-refractivity contribution in [3.8, 4) is 0 Å². The summed E-state index contributed by atoms with van der Waals surface area (Å²) in [6, 6.07) is 22.8. The van der Waals surface area contributed by atoms with Gasteiger partial charge in [0.1, 0.15) is 0 Å². The lowest BCUT2D eigenvalue weighted by Crippen LogP contribution is -2.41. The maximum atomic E-state index is 13.3. The second-order valence-corrected chi connectivity index (χ2v) is 9.79. The van der Waals surface area contributed by atoms with Gasteiger partial charge in [-0.3, -0.25) is 4.79 Å². The molecule has 3 aromatic carbocycles. The number of hydrogen-bond donors (Lipinski definition) is 1. The van der Waals surface area contributed by atoms with Crippen LogP contribution >= 0.6 is 11.6 Å². The van der Waals surface area contributed by atoms with Gasteiger partial charge in [-0.1, -0.05) is 71.8 Å². The van der Waals surface area contributed by atoms with E-state index in [1.807, 2.05) is 68.4 Å². The summed E-state index contributed by atoms with van der Waals surface area (Å²) in [6.45, 7) is 3.62. The Hall–Kier alpha value is -2.67. The summed E-state index contributed by atoms with van der Waals surface area (Å²) in [5.41, 5.74) is 2.82. The van der Waals surface area contributed by atoms with E-state index in [0.29, 0.717) is 5.02 Å². The number of amides is 1. The number of aryl methyl sites for hydroxylation is 1. The highest BCUT2D eigenvalue weighted by Gasteiger charge is 2.27. The van der Waals surface area contributed by atoms with Crippen molar-refractivity contribution in [2.45, 2.75) is 31.3 Å². The molecule has 0 aliphatic rings. The molecule has 0 saturated carbocycles. The van der Waals surface area contributed by atoms with Gasteiger partial charge in [-0.15, -0.1) is 0 Å². The van der Waals surface area contributed by atoms with Gasteiger partial charge in [0.15, 0.2) is 0 Å². The molecule has 7 heteroatoms. The maximum absolute atomic E-state index is 13.3. The average Bonchev–Trinajstić information content (AvgIpc) is 2.75. The fourth-order valence-electron chi connectivity index (χ4n) is 3.15. The van der Waals surface area contributed by atoms with Crippen molar-refractivity contribution in [3.63, 3.8) is 0 Å². The van der Waals surface area contributed by atoms with E-state index in [1.54, 1.807) is 0 Å². The van der Waals surface area contributed by atoms with E-state index in [2.05, 4.69) is 5.32 Å². The minimum Gasteiger partial charge on any atom is -0.348 e. The highest BCUT2D eigenvalue weighted by Crippen LogP contribution is 2.21. The summed E-state index contributed by atoms with van der Waals surface area (Å²) in [6.07, 6.45) is 0. The molecule has 0 aliphatic heterocycles. The van der Waals surface area contributed by atoms with E-state index in [1.165, 1.54) is 28.6 Å². The zero-order chi connectivity index (χ0) is 22.4. The monoisotopic (exact) mass is 456 g/mol. The molecule has 0 aromatic heterocycles. The van der Waals surface area contributed by atoms with Crippen LogP contribution in [-0.4, -0.2) is 25.2 Å². The Labute approximate surface area is 188 Å². The predicted molar refractivity (Wildman–Crippen MR) is 123 cm³/mol. The van der Waals surface area contributed by atoms with Crippen LogP contribution in [0.1, 0.15) is 29.7 Å². The summed E-state index contributed by atoms with van der Waals surface area (Å²) in [5.74, 6) is -0.374. The number of halogens is 1. The van der Waals surface area contributed by atoms with Crippen LogP contribution in [0.15, 0.2) is 83.8 Å². The Morgan fingerprint density at radius 3 is 2.19 bits per heavy atom. The molecule has 0 radical (unpaired) electrons. The summed E-state index contributed by atoms with van der Waals surface area (Å²) in [7, 11) is -3.91. The van der Waals surface area contributed by atoms with Crippen LogP contribution in [0.3, 0.4) is 0 Å². The molecule has 0 saturated heterocycles. The Morgan fingerprint density at radius 1 is 0.968 bits per heavy atom. The van der Waals surface area contributed by atoms with Gasteiger partial charge < -0.3 is 5.32 Å². The van der Waals surface area contributed by atoms with E-state index < -0.39 is 10.0 Å². The van der Waals surface area contributed by atoms with E-state index in [4.69, 9.17) is 11.6 Å². The Kier molecular flexibility index (Phi) is 7.49. The summed E-state index contributed by atoms with van der Waals surface area (Å²) >= 11 is 5.91. The minimum absolute atomic E-state index is 0.0817. The van der Waals surface area contributed by atoms with Crippen LogP contribution in [0, 0.1) is 6.92 Å². The van der Waals surface area contributed by atoms with Crippen molar-refractivity contribution >= 4 is 27.5 Å².